The van der Waals surface area contributed by atoms with Gasteiger partial charge in [-0.3, -0.25) is 0 Å². The van der Waals surface area contributed by atoms with Crippen LogP contribution in [0.15, 0.2) is 24.3 Å². The van der Waals surface area contributed by atoms with Gasteiger partial charge in [-0.05, 0) is 26.8 Å². The van der Waals surface area contributed by atoms with Crippen LogP contribution in [0.1, 0.15) is 32.4 Å². The average Bonchev–Trinajstić information content (AvgIpc) is 2.42. The van der Waals surface area contributed by atoms with Crippen LogP contribution in [0.5, 0.6) is 0 Å². The number of aliphatic hydroxyl groups excluding tert-OH is 1. The molecule has 0 aliphatic carbocycles. The van der Waals surface area contributed by atoms with Crippen LogP contribution in [0.4, 0.5) is 9.18 Å². The standard InChI is InChI=1S/C15H20FNO5/c1-15(2,3)22-14(20)17-11(12(18)13(19)21-4)9-7-5-6-8-10(9)16/h5-8,11-12,18H,1-4H3,(H,17,20). The Bertz CT molecular complexity index is 541. The Morgan fingerprint density at radius 3 is 2.36 bits per heavy atom. The number of carbonyl (C=O) groups excluding carboxylic acids is 2. The van der Waals surface area contributed by atoms with Crippen molar-refractivity contribution < 1.29 is 28.6 Å². The predicted octanol–water partition coefficient (Wildman–Crippen LogP) is 1.93. The number of halogens is 1. The van der Waals surface area contributed by atoms with Crippen LogP contribution in [0.2, 0.25) is 0 Å². The fourth-order valence-electron chi connectivity index (χ4n) is 1.75. The largest absolute Gasteiger partial charge is 0.467 e. The third-order valence-corrected chi connectivity index (χ3v) is 2.67. The highest BCUT2D eigenvalue weighted by Crippen LogP contribution is 2.22. The van der Waals surface area contributed by atoms with Gasteiger partial charge in [-0.15, -0.1) is 0 Å². The van der Waals surface area contributed by atoms with Crippen molar-refractivity contribution in [2.45, 2.75) is 38.5 Å². The zero-order valence-corrected chi connectivity index (χ0v) is 12.9. The minimum Gasteiger partial charge on any atom is -0.467 e. The van der Waals surface area contributed by atoms with Gasteiger partial charge in [0.25, 0.3) is 0 Å². The first-order chi connectivity index (χ1) is 10.2. The topological polar surface area (TPSA) is 84.9 Å². The van der Waals surface area contributed by atoms with Gasteiger partial charge in [-0.1, -0.05) is 18.2 Å². The summed E-state index contributed by atoms with van der Waals surface area (Å²) in [6.07, 6.45) is -2.65. The molecule has 2 atom stereocenters. The van der Waals surface area contributed by atoms with E-state index in [9.17, 15) is 19.1 Å². The van der Waals surface area contributed by atoms with E-state index in [1.165, 1.54) is 18.2 Å². The van der Waals surface area contributed by atoms with Crippen LogP contribution in [0.25, 0.3) is 0 Å². The molecule has 0 saturated carbocycles. The Labute approximate surface area is 128 Å². The summed E-state index contributed by atoms with van der Waals surface area (Å²) < 4.78 is 23.4. The van der Waals surface area contributed by atoms with Crippen molar-refractivity contribution in [1.82, 2.24) is 5.32 Å². The molecule has 0 fully saturated rings. The Hall–Kier alpha value is -2.15. The first-order valence-corrected chi connectivity index (χ1v) is 6.65. The molecule has 7 heteroatoms. The Morgan fingerprint density at radius 2 is 1.86 bits per heavy atom. The summed E-state index contributed by atoms with van der Waals surface area (Å²) in [6.45, 7) is 4.96. The quantitative estimate of drug-likeness (QED) is 0.830. The molecule has 1 aromatic carbocycles. The van der Waals surface area contributed by atoms with Crippen molar-refractivity contribution >= 4 is 12.1 Å². The smallest absolute Gasteiger partial charge is 0.408 e. The second-order valence-corrected chi connectivity index (χ2v) is 5.61. The molecule has 1 rings (SSSR count). The van der Waals surface area contributed by atoms with Crippen LogP contribution < -0.4 is 5.32 Å². The van der Waals surface area contributed by atoms with E-state index < -0.39 is 35.6 Å². The highest BCUT2D eigenvalue weighted by atomic mass is 19.1. The van der Waals surface area contributed by atoms with Crippen molar-refractivity contribution in [3.63, 3.8) is 0 Å². The molecule has 0 heterocycles. The number of carbonyl (C=O) groups is 2. The zero-order chi connectivity index (χ0) is 16.9. The van der Waals surface area contributed by atoms with E-state index in [0.29, 0.717) is 0 Å². The number of ether oxygens (including phenoxy) is 2. The average molecular weight is 313 g/mol. The normalized spacial score (nSPS) is 13.9. The van der Waals surface area contributed by atoms with Crippen LogP contribution in [0, 0.1) is 5.82 Å². The molecule has 2 unspecified atom stereocenters. The molecular weight excluding hydrogens is 293 g/mol. The highest BCUT2D eigenvalue weighted by Gasteiger charge is 2.33. The summed E-state index contributed by atoms with van der Waals surface area (Å²) in [6, 6.07) is 4.15. The number of esters is 1. The van der Waals surface area contributed by atoms with Crippen LogP contribution >= 0.6 is 0 Å². The minimum atomic E-state index is -1.77. The second-order valence-electron chi connectivity index (χ2n) is 5.61. The SMILES string of the molecule is COC(=O)C(O)C(NC(=O)OC(C)(C)C)c1ccccc1F. The summed E-state index contributed by atoms with van der Waals surface area (Å²) in [5, 5.41) is 12.3. The molecule has 6 nitrogen and oxygen atoms in total. The van der Waals surface area contributed by atoms with Gasteiger partial charge >= 0.3 is 12.1 Å². The number of alkyl carbamates (subject to hydrolysis) is 1. The van der Waals surface area contributed by atoms with E-state index in [-0.39, 0.29) is 5.56 Å². The number of benzene rings is 1. The molecule has 1 aromatic rings. The maximum absolute atomic E-state index is 13.9. The van der Waals surface area contributed by atoms with E-state index >= 15 is 0 Å². The van der Waals surface area contributed by atoms with Gasteiger partial charge in [0, 0.05) is 5.56 Å². The number of aliphatic hydroxyl groups is 1. The van der Waals surface area contributed by atoms with Crippen molar-refractivity contribution in [2.24, 2.45) is 0 Å². The van der Waals surface area contributed by atoms with Crippen molar-refractivity contribution in [3.8, 4) is 0 Å². The summed E-state index contributed by atoms with van der Waals surface area (Å²) in [5.74, 6) is -1.67. The predicted molar refractivity (Wildman–Crippen MR) is 76.5 cm³/mol. The van der Waals surface area contributed by atoms with Gasteiger partial charge in [0.05, 0.1) is 13.2 Å². The van der Waals surface area contributed by atoms with E-state index in [2.05, 4.69) is 10.1 Å². The monoisotopic (exact) mass is 313 g/mol. The third kappa shape index (κ3) is 5.00. The molecule has 122 valence electrons. The zero-order valence-electron chi connectivity index (χ0n) is 12.9. The van der Waals surface area contributed by atoms with Gasteiger partial charge in [-0.25, -0.2) is 14.0 Å². The van der Waals surface area contributed by atoms with Gasteiger partial charge in [0.2, 0.25) is 0 Å². The molecule has 2 N–H and O–H groups in total. The molecule has 22 heavy (non-hydrogen) atoms. The summed E-state index contributed by atoms with van der Waals surface area (Å²) in [5.41, 5.74) is -0.827. The summed E-state index contributed by atoms with van der Waals surface area (Å²) >= 11 is 0. The first-order valence-electron chi connectivity index (χ1n) is 6.65. The van der Waals surface area contributed by atoms with Crippen LogP contribution in [-0.4, -0.2) is 36.0 Å². The van der Waals surface area contributed by atoms with Gasteiger partial charge in [0.1, 0.15) is 11.4 Å². The number of nitrogens with one attached hydrogen (secondary N) is 1. The Kier molecular flexibility index (Phi) is 5.87. The lowest BCUT2D eigenvalue weighted by Gasteiger charge is -2.26. The second kappa shape index (κ2) is 7.22. The van der Waals surface area contributed by atoms with Crippen LogP contribution in [0.3, 0.4) is 0 Å². The van der Waals surface area contributed by atoms with E-state index in [0.717, 1.165) is 13.2 Å². The highest BCUT2D eigenvalue weighted by molar-refractivity contribution is 5.77. The molecule has 0 aromatic heterocycles. The molecular formula is C15H20FNO5. The van der Waals surface area contributed by atoms with Gasteiger partial charge < -0.3 is 19.9 Å². The number of amides is 1. The maximum atomic E-state index is 13.9. The molecule has 0 saturated heterocycles. The molecule has 0 radical (unpaired) electrons. The van der Waals surface area contributed by atoms with Gasteiger partial charge in [-0.2, -0.15) is 0 Å². The first kappa shape index (κ1) is 17.9. The van der Waals surface area contributed by atoms with Gasteiger partial charge in [0.15, 0.2) is 6.10 Å². The number of hydrogen-bond acceptors (Lipinski definition) is 5. The molecule has 0 bridgehead atoms. The fourth-order valence-corrected chi connectivity index (χ4v) is 1.75. The lowest BCUT2D eigenvalue weighted by Crippen LogP contribution is -2.43. The van der Waals surface area contributed by atoms with Crippen molar-refractivity contribution in [1.29, 1.82) is 0 Å². The lowest BCUT2D eigenvalue weighted by atomic mass is 10.0. The van der Waals surface area contributed by atoms with E-state index in [1.54, 1.807) is 20.8 Å². The minimum absolute atomic E-state index is 0.0498. The number of hydrogen-bond donors (Lipinski definition) is 2. The molecule has 1 amide bonds. The number of rotatable bonds is 4. The Balaban J connectivity index is 3.05. The summed E-state index contributed by atoms with van der Waals surface area (Å²) in [4.78, 5) is 23.4. The molecule has 0 spiro atoms. The van der Waals surface area contributed by atoms with E-state index in [4.69, 9.17) is 4.74 Å². The Morgan fingerprint density at radius 1 is 1.27 bits per heavy atom. The molecule has 0 aliphatic rings. The van der Waals surface area contributed by atoms with Crippen LogP contribution in [-0.2, 0) is 14.3 Å². The lowest BCUT2D eigenvalue weighted by molar-refractivity contribution is -0.152. The van der Waals surface area contributed by atoms with Crippen molar-refractivity contribution in [3.05, 3.63) is 35.6 Å². The van der Waals surface area contributed by atoms with E-state index in [1.807, 2.05) is 0 Å². The molecule has 0 aliphatic heterocycles. The van der Waals surface area contributed by atoms with Crippen molar-refractivity contribution in [2.75, 3.05) is 7.11 Å². The third-order valence-electron chi connectivity index (χ3n) is 2.67. The maximum Gasteiger partial charge on any atom is 0.408 e. The number of methoxy groups -OCH3 is 1. The fraction of sp³-hybridized carbons (Fsp3) is 0.467. The summed E-state index contributed by atoms with van der Waals surface area (Å²) in [7, 11) is 1.08.